The molecule has 1 aliphatic heterocycles. The van der Waals surface area contributed by atoms with Crippen LogP contribution in [0.2, 0.25) is 0 Å². The van der Waals surface area contributed by atoms with E-state index in [0.717, 1.165) is 59.3 Å². The highest BCUT2D eigenvalue weighted by Gasteiger charge is 2.23. The fourth-order valence-electron chi connectivity index (χ4n) is 4.23. The van der Waals surface area contributed by atoms with E-state index in [-0.39, 0.29) is 0 Å². The molecule has 1 aliphatic rings. The minimum atomic E-state index is -3.17. The quantitative estimate of drug-likeness (QED) is 0.561. The summed E-state index contributed by atoms with van der Waals surface area (Å²) in [5, 5.41) is 0.981. The summed E-state index contributed by atoms with van der Waals surface area (Å²) >= 11 is 0. The third kappa shape index (κ3) is 5.33. The van der Waals surface area contributed by atoms with Gasteiger partial charge in [-0.05, 0) is 54.5 Å². The number of pyridine rings is 1. The summed E-state index contributed by atoms with van der Waals surface area (Å²) in [5.41, 5.74) is 3.90. The Morgan fingerprint density at radius 1 is 1.03 bits per heavy atom. The average Bonchev–Trinajstić information content (AvgIpc) is 2.82. The van der Waals surface area contributed by atoms with Crippen molar-refractivity contribution in [2.75, 3.05) is 45.0 Å². The Labute approximate surface area is 194 Å². The Bertz CT molecular complexity index is 1230. The fourth-order valence-corrected chi connectivity index (χ4v) is 4.76. The number of rotatable bonds is 7. The van der Waals surface area contributed by atoms with Crippen molar-refractivity contribution in [1.29, 1.82) is 0 Å². The van der Waals surface area contributed by atoms with Crippen molar-refractivity contribution >= 4 is 26.7 Å². The summed E-state index contributed by atoms with van der Waals surface area (Å²) in [5.74, 6) is 2.18. The number of ether oxygens (including phenoxy) is 2. The monoisotopic (exact) mass is 471 g/mol. The summed E-state index contributed by atoms with van der Waals surface area (Å²) < 4.78 is 36.1. The van der Waals surface area contributed by atoms with E-state index in [1.54, 1.807) is 20.5 Å². The topological polar surface area (TPSA) is 107 Å². The number of aromatic nitrogens is 3. The van der Waals surface area contributed by atoms with Crippen LogP contribution in [0.25, 0.3) is 22.0 Å². The zero-order chi connectivity index (χ0) is 23.6. The van der Waals surface area contributed by atoms with Gasteiger partial charge in [-0.25, -0.2) is 23.1 Å². The van der Waals surface area contributed by atoms with Crippen molar-refractivity contribution in [3.05, 3.63) is 36.2 Å². The Hall–Kier alpha value is -2.98. The number of anilines is 1. The van der Waals surface area contributed by atoms with Crippen molar-refractivity contribution in [3.8, 4) is 22.9 Å². The molecule has 0 saturated carbocycles. The van der Waals surface area contributed by atoms with Gasteiger partial charge in [0, 0.05) is 37.2 Å². The molecule has 4 rings (SSSR count). The molecule has 1 aromatic carbocycles. The van der Waals surface area contributed by atoms with Crippen LogP contribution < -0.4 is 19.1 Å². The van der Waals surface area contributed by atoms with E-state index in [2.05, 4.69) is 36.7 Å². The molecule has 3 heterocycles. The van der Waals surface area contributed by atoms with Crippen LogP contribution in [0.15, 0.2) is 30.6 Å². The Kier molecular flexibility index (Phi) is 6.66. The smallest absolute Gasteiger partial charge is 0.216 e. The van der Waals surface area contributed by atoms with E-state index < -0.39 is 10.0 Å². The van der Waals surface area contributed by atoms with Gasteiger partial charge in [-0.2, -0.15) is 4.98 Å². The van der Waals surface area contributed by atoms with Gasteiger partial charge >= 0.3 is 0 Å². The van der Waals surface area contributed by atoms with E-state index in [4.69, 9.17) is 9.47 Å². The molecular formula is C23H29N5O4S. The number of aryl methyl sites for hydroxylation is 1. The molecule has 0 radical (unpaired) electrons. The van der Waals surface area contributed by atoms with Crippen molar-refractivity contribution in [2.24, 2.45) is 5.92 Å². The molecule has 0 bridgehead atoms. The van der Waals surface area contributed by atoms with Crippen molar-refractivity contribution < 1.29 is 17.9 Å². The first-order chi connectivity index (χ1) is 15.8. The predicted molar refractivity (Wildman–Crippen MR) is 128 cm³/mol. The molecule has 0 atom stereocenters. The third-order valence-electron chi connectivity index (χ3n) is 5.99. The zero-order valence-electron chi connectivity index (χ0n) is 19.3. The number of fused-ring (bicyclic) bond motifs is 1. The van der Waals surface area contributed by atoms with Gasteiger partial charge in [0.15, 0.2) is 0 Å². The van der Waals surface area contributed by atoms with Gasteiger partial charge in [0.1, 0.15) is 12.1 Å². The standard InChI is InChI=1S/C23H29N5O4S/c1-15-9-17(18-11-20(31-2)27-21(12-18)32-3)10-19-22(15)24-14-25-23(19)28-7-5-16(6-8-28)13-26-33(4,29)30/h9-12,14,16,26H,5-8,13H2,1-4H3. The lowest BCUT2D eigenvalue weighted by Crippen LogP contribution is -2.38. The summed E-state index contributed by atoms with van der Waals surface area (Å²) in [6, 6.07) is 7.96. The molecule has 0 unspecified atom stereocenters. The first-order valence-electron chi connectivity index (χ1n) is 10.8. The maximum Gasteiger partial charge on any atom is 0.216 e. The highest BCUT2D eigenvalue weighted by molar-refractivity contribution is 7.88. The summed E-state index contributed by atoms with van der Waals surface area (Å²) in [7, 11) is -0.00749. The van der Waals surface area contributed by atoms with Gasteiger partial charge in [0.25, 0.3) is 0 Å². The maximum atomic E-state index is 11.4. The molecule has 0 spiro atoms. The molecule has 10 heteroatoms. The molecular weight excluding hydrogens is 442 g/mol. The molecule has 0 amide bonds. The zero-order valence-corrected chi connectivity index (χ0v) is 20.1. The normalized spacial score (nSPS) is 15.1. The molecule has 1 N–H and O–H groups in total. The van der Waals surface area contributed by atoms with Crippen LogP contribution in [0.4, 0.5) is 5.82 Å². The number of hydrogen-bond acceptors (Lipinski definition) is 8. The number of nitrogens with zero attached hydrogens (tertiary/aromatic N) is 4. The third-order valence-corrected chi connectivity index (χ3v) is 6.68. The van der Waals surface area contributed by atoms with E-state index in [0.29, 0.717) is 24.2 Å². The van der Waals surface area contributed by atoms with E-state index in [1.165, 1.54) is 6.26 Å². The minimum Gasteiger partial charge on any atom is -0.481 e. The second-order valence-electron chi connectivity index (χ2n) is 8.38. The molecule has 3 aromatic rings. The van der Waals surface area contributed by atoms with Crippen LogP contribution in [-0.2, 0) is 10.0 Å². The van der Waals surface area contributed by atoms with Gasteiger partial charge in [0.05, 0.1) is 26.0 Å². The second-order valence-corrected chi connectivity index (χ2v) is 10.2. The van der Waals surface area contributed by atoms with Crippen molar-refractivity contribution in [2.45, 2.75) is 19.8 Å². The lowest BCUT2D eigenvalue weighted by atomic mass is 9.96. The molecule has 0 aliphatic carbocycles. The minimum absolute atomic E-state index is 0.318. The number of piperidine rings is 1. The highest BCUT2D eigenvalue weighted by Crippen LogP contribution is 2.34. The van der Waals surface area contributed by atoms with Gasteiger partial charge in [-0.15, -0.1) is 0 Å². The Morgan fingerprint density at radius 2 is 1.67 bits per heavy atom. The summed E-state index contributed by atoms with van der Waals surface area (Å²) in [4.78, 5) is 15.7. The first kappa shape index (κ1) is 23.2. The predicted octanol–water partition coefficient (Wildman–Crippen LogP) is 2.78. The number of nitrogens with one attached hydrogen (secondary N) is 1. The van der Waals surface area contributed by atoms with Crippen LogP contribution in [0.5, 0.6) is 11.8 Å². The van der Waals surface area contributed by atoms with Crippen LogP contribution in [0.1, 0.15) is 18.4 Å². The van der Waals surface area contributed by atoms with Crippen LogP contribution in [0, 0.1) is 12.8 Å². The van der Waals surface area contributed by atoms with Crippen molar-refractivity contribution in [3.63, 3.8) is 0 Å². The van der Waals surface area contributed by atoms with Crippen LogP contribution >= 0.6 is 0 Å². The number of benzene rings is 1. The summed E-state index contributed by atoms with van der Waals surface area (Å²) in [6.07, 6.45) is 4.60. The van der Waals surface area contributed by atoms with Gasteiger partial charge in [0.2, 0.25) is 21.8 Å². The van der Waals surface area contributed by atoms with E-state index >= 15 is 0 Å². The largest absolute Gasteiger partial charge is 0.481 e. The number of hydrogen-bond donors (Lipinski definition) is 1. The molecule has 1 fully saturated rings. The summed E-state index contributed by atoms with van der Waals surface area (Å²) in [6.45, 7) is 4.14. The van der Waals surface area contributed by atoms with E-state index in [1.807, 2.05) is 19.1 Å². The lowest BCUT2D eigenvalue weighted by Gasteiger charge is -2.33. The first-order valence-corrected chi connectivity index (χ1v) is 12.7. The maximum absolute atomic E-state index is 11.4. The second kappa shape index (κ2) is 9.48. The fraction of sp³-hybridized carbons (Fsp3) is 0.435. The lowest BCUT2D eigenvalue weighted by molar-refractivity contribution is 0.365. The van der Waals surface area contributed by atoms with Crippen molar-refractivity contribution in [1.82, 2.24) is 19.7 Å². The number of methoxy groups -OCH3 is 2. The van der Waals surface area contributed by atoms with Crippen LogP contribution in [-0.4, -0.2) is 63.5 Å². The molecule has 1 saturated heterocycles. The molecule has 2 aromatic heterocycles. The van der Waals surface area contributed by atoms with Gasteiger partial charge < -0.3 is 14.4 Å². The Balaban J connectivity index is 1.65. The molecule has 176 valence electrons. The Morgan fingerprint density at radius 3 is 2.27 bits per heavy atom. The molecule has 33 heavy (non-hydrogen) atoms. The average molecular weight is 472 g/mol. The number of sulfonamides is 1. The SMILES string of the molecule is COc1cc(-c2cc(C)c3ncnc(N4CCC(CNS(C)(=O)=O)CC4)c3c2)cc(OC)n1. The van der Waals surface area contributed by atoms with E-state index in [9.17, 15) is 8.42 Å². The van der Waals surface area contributed by atoms with Crippen LogP contribution in [0.3, 0.4) is 0 Å². The van der Waals surface area contributed by atoms with Gasteiger partial charge in [-0.3, -0.25) is 0 Å². The molecule has 9 nitrogen and oxygen atoms in total. The van der Waals surface area contributed by atoms with Gasteiger partial charge in [-0.1, -0.05) is 0 Å². The highest BCUT2D eigenvalue weighted by atomic mass is 32.2.